The van der Waals surface area contributed by atoms with Crippen LogP contribution in [0.5, 0.6) is 5.75 Å². The van der Waals surface area contributed by atoms with E-state index in [1.54, 1.807) is 7.11 Å². The molecule has 0 aliphatic carbocycles. The molecule has 1 fully saturated rings. The number of nitrogens with one attached hydrogen (secondary N) is 1. The molecule has 0 radical (unpaired) electrons. The van der Waals surface area contributed by atoms with Gasteiger partial charge in [-0.1, -0.05) is 42.5 Å². The van der Waals surface area contributed by atoms with Crippen LogP contribution in [0.1, 0.15) is 16.7 Å². The number of benzene rings is 2. The van der Waals surface area contributed by atoms with Crippen molar-refractivity contribution in [2.45, 2.75) is 19.1 Å². The predicted molar refractivity (Wildman–Crippen MR) is 90.0 cm³/mol. The van der Waals surface area contributed by atoms with Crippen LogP contribution in [-0.2, 0) is 21.6 Å². The molecule has 2 aromatic rings. The second-order valence-electron chi connectivity index (χ2n) is 5.95. The maximum Gasteiger partial charge on any atom is 0.408 e. The van der Waals surface area contributed by atoms with E-state index in [-0.39, 0.29) is 6.61 Å². The van der Waals surface area contributed by atoms with Gasteiger partial charge < -0.3 is 19.5 Å². The number of rotatable bonds is 5. The van der Waals surface area contributed by atoms with Gasteiger partial charge in [-0.25, -0.2) is 4.79 Å². The number of aryl methyl sites for hydroxylation is 1. The molecular formula is C19H21NO4. The number of carbonyl (C=O) groups is 1. The summed E-state index contributed by atoms with van der Waals surface area (Å²) in [7, 11) is 1.64. The fraction of sp³-hybridized carbons (Fsp3) is 0.316. The largest absolute Gasteiger partial charge is 0.496 e. The summed E-state index contributed by atoms with van der Waals surface area (Å²) >= 11 is 0. The van der Waals surface area contributed by atoms with E-state index in [1.807, 2.05) is 55.5 Å². The van der Waals surface area contributed by atoms with Crippen LogP contribution >= 0.6 is 0 Å². The van der Waals surface area contributed by atoms with Crippen LogP contribution < -0.4 is 10.1 Å². The first-order valence-electron chi connectivity index (χ1n) is 7.85. The third kappa shape index (κ3) is 3.36. The van der Waals surface area contributed by atoms with Crippen molar-refractivity contribution >= 4 is 6.09 Å². The van der Waals surface area contributed by atoms with Crippen molar-refractivity contribution < 1.29 is 19.0 Å². The SMILES string of the molecule is COc1cc(C2(NC(=O)OCc3ccccc3)COC2)ccc1C. The molecule has 1 saturated heterocycles. The summed E-state index contributed by atoms with van der Waals surface area (Å²) in [6, 6.07) is 15.5. The van der Waals surface area contributed by atoms with Gasteiger partial charge in [0.15, 0.2) is 0 Å². The molecule has 0 saturated carbocycles. The Balaban J connectivity index is 1.68. The summed E-state index contributed by atoms with van der Waals surface area (Å²) in [4.78, 5) is 12.2. The topological polar surface area (TPSA) is 56.8 Å². The van der Waals surface area contributed by atoms with Crippen molar-refractivity contribution in [2.24, 2.45) is 0 Å². The molecule has 0 bridgehead atoms. The van der Waals surface area contributed by atoms with Gasteiger partial charge in [-0.2, -0.15) is 0 Å². The fourth-order valence-corrected chi connectivity index (χ4v) is 2.69. The average Bonchev–Trinajstić information content (AvgIpc) is 2.58. The Morgan fingerprint density at radius 3 is 2.58 bits per heavy atom. The lowest BCUT2D eigenvalue weighted by molar-refractivity contribution is -0.0763. The van der Waals surface area contributed by atoms with E-state index in [2.05, 4.69) is 5.32 Å². The van der Waals surface area contributed by atoms with E-state index in [4.69, 9.17) is 14.2 Å². The van der Waals surface area contributed by atoms with E-state index in [1.165, 1.54) is 0 Å². The van der Waals surface area contributed by atoms with Crippen molar-refractivity contribution in [3.8, 4) is 5.75 Å². The molecular weight excluding hydrogens is 306 g/mol. The number of ether oxygens (including phenoxy) is 3. The first kappa shape index (κ1) is 16.3. The van der Waals surface area contributed by atoms with Gasteiger partial charge in [0.1, 0.15) is 17.9 Å². The third-order valence-corrected chi connectivity index (χ3v) is 4.21. The molecule has 2 aromatic carbocycles. The fourth-order valence-electron chi connectivity index (χ4n) is 2.69. The molecule has 0 unspecified atom stereocenters. The summed E-state index contributed by atoms with van der Waals surface area (Å²) in [6.07, 6.45) is -0.457. The zero-order valence-corrected chi connectivity index (χ0v) is 13.9. The molecule has 5 nitrogen and oxygen atoms in total. The Bertz CT molecular complexity index is 711. The Hall–Kier alpha value is -2.53. The van der Waals surface area contributed by atoms with Crippen LogP contribution in [0.25, 0.3) is 0 Å². The molecule has 0 aromatic heterocycles. The molecule has 0 atom stereocenters. The monoisotopic (exact) mass is 327 g/mol. The highest BCUT2D eigenvalue weighted by Gasteiger charge is 2.42. The van der Waals surface area contributed by atoms with Crippen molar-refractivity contribution in [1.82, 2.24) is 5.32 Å². The number of hydrogen-bond acceptors (Lipinski definition) is 4. The van der Waals surface area contributed by atoms with Crippen molar-refractivity contribution in [1.29, 1.82) is 0 Å². The number of carbonyl (C=O) groups excluding carboxylic acids is 1. The molecule has 126 valence electrons. The summed E-state index contributed by atoms with van der Waals surface area (Å²) in [5.41, 5.74) is 2.38. The van der Waals surface area contributed by atoms with Gasteiger partial charge in [-0.05, 0) is 29.7 Å². The molecule has 1 N–H and O–H groups in total. The molecule has 1 aliphatic rings. The van der Waals surface area contributed by atoms with Crippen LogP contribution in [0.2, 0.25) is 0 Å². The molecule has 1 amide bonds. The molecule has 3 rings (SSSR count). The highest BCUT2D eigenvalue weighted by molar-refractivity contribution is 5.69. The lowest BCUT2D eigenvalue weighted by Gasteiger charge is -2.42. The Morgan fingerprint density at radius 2 is 1.96 bits per heavy atom. The van der Waals surface area contributed by atoms with Crippen molar-refractivity contribution in [3.63, 3.8) is 0 Å². The minimum Gasteiger partial charge on any atom is -0.496 e. The molecule has 0 spiro atoms. The van der Waals surface area contributed by atoms with Gasteiger partial charge in [-0.15, -0.1) is 0 Å². The van der Waals surface area contributed by atoms with Crippen molar-refractivity contribution in [2.75, 3.05) is 20.3 Å². The van der Waals surface area contributed by atoms with Gasteiger partial charge in [0.25, 0.3) is 0 Å². The zero-order chi connectivity index (χ0) is 17.0. The summed E-state index contributed by atoms with van der Waals surface area (Å²) in [5, 5.41) is 2.95. The molecule has 24 heavy (non-hydrogen) atoms. The second kappa shape index (κ2) is 6.93. The van der Waals surface area contributed by atoms with E-state index in [0.29, 0.717) is 13.2 Å². The Morgan fingerprint density at radius 1 is 1.21 bits per heavy atom. The van der Waals surface area contributed by atoms with Crippen LogP contribution in [0, 0.1) is 6.92 Å². The summed E-state index contributed by atoms with van der Waals surface area (Å²) in [6.45, 7) is 3.05. The highest BCUT2D eigenvalue weighted by Crippen LogP contribution is 2.33. The average molecular weight is 327 g/mol. The normalized spacial score (nSPS) is 15.2. The van der Waals surface area contributed by atoms with Gasteiger partial charge >= 0.3 is 6.09 Å². The van der Waals surface area contributed by atoms with Gasteiger partial charge in [0.05, 0.1) is 20.3 Å². The highest BCUT2D eigenvalue weighted by atomic mass is 16.6. The summed E-state index contributed by atoms with van der Waals surface area (Å²) < 4.78 is 16.0. The van der Waals surface area contributed by atoms with Gasteiger partial charge in [0, 0.05) is 0 Å². The van der Waals surface area contributed by atoms with Crippen LogP contribution in [-0.4, -0.2) is 26.4 Å². The molecule has 1 heterocycles. The first-order chi connectivity index (χ1) is 11.6. The number of hydrogen-bond donors (Lipinski definition) is 1. The van der Waals surface area contributed by atoms with Crippen LogP contribution in [0.3, 0.4) is 0 Å². The lowest BCUT2D eigenvalue weighted by atomic mass is 9.87. The number of methoxy groups -OCH3 is 1. The van der Waals surface area contributed by atoms with Crippen molar-refractivity contribution in [3.05, 3.63) is 65.2 Å². The number of amides is 1. The summed E-state index contributed by atoms with van der Waals surface area (Å²) in [5.74, 6) is 0.790. The second-order valence-corrected chi connectivity index (χ2v) is 5.95. The van der Waals surface area contributed by atoms with E-state index >= 15 is 0 Å². The number of alkyl carbamates (subject to hydrolysis) is 1. The van der Waals surface area contributed by atoms with Crippen LogP contribution in [0.4, 0.5) is 4.79 Å². The third-order valence-electron chi connectivity index (χ3n) is 4.21. The van der Waals surface area contributed by atoms with E-state index in [9.17, 15) is 4.79 Å². The maximum absolute atomic E-state index is 12.2. The smallest absolute Gasteiger partial charge is 0.408 e. The minimum atomic E-state index is -0.561. The van der Waals surface area contributed by atoms with E-state index in [0.717, 1.165) is 22.4 Å². The zero-order valence-electron chi connectivity index (χ0n) is 13.9. The quantitative estimate of drug-likeness (QED) is 0.916. The maximum atomic E-state index is 12.2. The molecule has 5 heteroatoms. The standard InChI is InChI=1S/C19H21NO4/c1-14-8-9-16(10-17(14)22-2)19(12-23-13-19)20-18(21)24-11-15-6-4-3-5-7-15/h3-10H,11-13H2,1-2H3,(H,20,21). The predicted octanol–water partition coefficient (Wildman–Crippen LogP) is 3.16. The van der Waals surface area contributed by atoms with E-state index < -0.39 is 11.6 Å². The van der Waals surface area contributed by atoms with Gasteiger partial charge in [0.2, 0.25) is 0 Å². The van der Waals surface area contributed by atoms with Gasteiger partial charge in [-0.3, -0.25) is 0 Å². The Labute approximate surface area is 141 Å². The Kier molecular flexibility index (Phi) is 4.71. The van der Waals surface area contributed by atoms with Crippen LogP contribution in [0.15, 0.2) is 48.5 Å². The lowest BCUT2D eigenvalue weighted by Crippen LogP contribution is -2.59. The minimum absolute atomic E-state index is 0.237. The first-order valence-corrected chi connectivity index (χ1v) is 7.85. The molecule has 1 aliphatic heterocycles.